The molecule has 26 heavy (non-hydrogen) atoms. The molecule has 1 aromatic rings. The number of benzene rings is 1. The number of halogens is 1. The Morgan fingerprint density at radius 1 is 1.15 bits per heavy atom. The lowest BCUT2D eigenvalue weighted by atomic mass is 9.81. The van der Waals surface area contributed by atoms with Crippen molar-refractivity contribution in [2.24, 2.45) is 17.1 Å². The molecule has 1 fully saturated rings. The fraction of sp³-hybridized carbons (Fsp3) is 0.600. The molecule has 2 rings (SSSR count). The highest BCUT2D eigenvalue weighted by Crippen LogP contribution is 2.29. The summed E-state index contributed by atoms with van der Waals surface area (Å²) in [6, 6.07) is 4.23. The van der Waals surface area contributed by atoms with Crippen molar-refractivity contribution in [3.8, 4) is 0 Å². The molecular formula is C20H30FN3O2. The molecule has 0 bridgehead atoms. The van der Waals surface area contributed by atoms with Crippen molar-refractivity contribution >= 4 is 23.2 Å². The second-order valence-electron chi connectivity index (χ2n) is 7.16. The Kier molecular flexibility index (Phi) is 7.14. The van der Waals surface area contributed by atoms with E-state index in [1.807, 2.05) is 13.8 Å². The van der Waals surface area contributed by atoms with Gasteiger partial charge < -0.3 is 16.4 Å². The highest BCUT2D eigenvalue weighted by Gasteiger charge is 2.33. The zero-order valence-electron chi connectivity index (χ0n) is 15.7. The van der Waals surface area contributed by atoms with Gasteiger partial charge in [-0.2, -0.15) is 0 Å². The Bertz CT molecular complexity index is 630. The number of carbonyl (C=O) groups excluding carboxylic acids is 2. The largest absolute Gasteiger partial charge is 0.329 e. The van der Waals surface area contributed by atoms with Gasteiger partial charge in [-0.25, -0.2) is 4.39 Å². The van der Waals surface area contributed by atoms with E-state index in [0.29, 0.717) is 18.5 Å². The van der Waals surface area contributed by atoms with Gasteiger partial charge in [-0.3, -0.25) is 9.59 Å². The van der Waals surface area contributed by atoms with Gasteiger partial charge in [-0.05, 0) is 43.9 Å². The molecule has 0 heterocycles. The van der Waals surface area contributed by atoms with E-state index >= 15 is 0 Å². The van der Waals surface area contributed by atoms with Gasteiger partial charge in [0.05, 0.1) is 11.1 Å². The fourth-order valence-electron chi connectivity index (χ4n) is 3.51. The maximum absolute atomic E-state index is 14.1. The van der Waals surface area contributed by atoms with Crippen LogP contribution in [0.25, 0.3) is 0 Å². The number of hydrogen-bond acceptors (Lipinski definition) is 3. The van der Waals surface area contributed by atoms with Crippen molar-refractivity contribution in [1.29, 1.82) is 0 Å². The Balaban J connectivity index is 2.11. The lowest BCUT2D eigenvalue weighted by Crippen LogP contribution is -2.41. The van der Waals surface area contributed by atoms with Crippen molar-refractivity contribution in [1.82, 2.24) is 0 Å². The van der Waals surface area contributed by atoms with Gasteiger partial charge in [-0.1, -0.05) is 33.1 Å². The number of amides is 2. The normalized spacial score (nSPS) is 15.5. The second-order valence-corrected chi connectivity index (χ2v) is 7.16. The van der Waals surface area contributed by atoms with E-state index in [9.17, 15) is 14.0 Å². The molecule has 1 aliphatic carbocycles. The van der Waals surface area contributed by atoms with Gasteiger partial charge in [0.15, 0.2) is 0 Å². The fourth-order valence-corrected chi connectivity index (χ4v) is 3.51. The summed E-state index contributed by atoms with van der Waals surface area (Å²) in [5.74, 6) is -0.902. The Morgan fingerprint density at radius 3 is 2.38 bits per heavy atom. The third-order valence-corrected chi connectivity index (χ3v) is 5.68. The van der Waals surface area contributed by atoms with Crippen LogP contribution in [-0.4, -0.2) is 18.4 Å². The number of rotatable bonds is 7. The summed E-state index contributed by atoms with van der Waals surface area (Å²) in [6.07, 6.45) is 6.15. The van der Waals surface area contributed by atoms with Crippen LogP contribution in [-0.2, 0) is 9.59 Å². The second kappa shape index (κ2) is 9.12. The first-order chi connectivity index (χ1) is 12.5. The minimum atomic E-state index is -0.639. The van der Waals surface area contributed by atoms with E-state index in [2.05, 4.69) is 10.6 Å². The van der Waals surface area contributed by atoms with Crippen LogP contribution in [0.2, 0.25) is 0 Å². The molecule has 0 spiro atoms. The topological polar surface area (TPSA) is 84.2 Å². The van der Waals surface area contributed by atoms with Gasteiger partial charge in [-0.15, -0.1) is 0 Å². The Hall–Kier alpha value is -1.95. The summed E-state index contributed by atoms with van der Waals surface area (Å²) in [4.78, 5) is 25.0. The van der Waals surface area contributed by atoms with Crippen molar-refractivity contribution in [3.63, 3.8) is 0 Å². The summed E-state index contributed by atoms with van der Waals surface area (Å²) in [5.41, 5.74) is 5.72. The smallest absolute Gasteiger partial charge is 0.231 e. The SMILES string of the molecule is CCC(CC)(CN)C(=O)Nc1ccc(F)c(NC(=O)C2CCCCC2)c1. The zero-order valence-corrected chi connectivity index (χ0v) is 15.7. The summed E-state index contributed by atoms with van der Waals surface area (Å²) in [5, 5.41) is 5.50. The van der Waals surface area contributed by atoms with Crippen LogP contribution < -0.4 is 16.4 Å². The van der Waals surface area contributed by atoms with Crippen molar-refractivity contribution in [2.45, 2.75) is 58.8 Å². The van der Waals surface area contributed by atoms with Crippen LogP contribution in [0.15, 0.2) is 18.2 Å². The molecule has 0 aromatic heterocycles. The predicted molar refractivity (Wildman–Crippen MR) is 102 cm³/mol. The van der Waals surface area contributed by atoms with Crippen molar-refractivity contribution < 1.29 is 14.0 Å². The van der Waals surface area contributed by atoms with Gasteiger partial charge >= 0.3 is 0 Å². The quantitative estimate of drug-likeness (QED) is 0.683. The lowest BCUT2D eigenvalue weighted by molar-refractivity contribution is -0.125. The van der Waals surface area contributed by atoms with E-state index in [4.69, 9.17) is 5.73 Å². The molecule has 4 N–H and O–H groups in total. The molecule has 0 radical (unpaired) electrons. The molecule has 1 aliphatic rings. The molecule has 6 heteroatoms. The van der Waals surface area contributed by atoms with Crippen LogP contribution in [0.5, 0.6) is 0 Å². The van der Waals surface area contributed by atoms with E-state index in [0.717, 1.165) is 32.1 Å². The van der Waals surface area contributed by atoms with Crippen LogP contribution >= 0.6 is 0 Å². The van der Waals surface area contributed by atoms with Crippen LogP contribution in [0.3, 0.4) is 0 Å². The minimum absolute atomic E-state index is 0.0635. The van der Waals surface area contributed by atoms with E-state index < -0.39 is 11.2 Å². The maximum Gasteiger partial charge on any atom is 0.231 e. The molecule has 0 saturated heterocycles. The third-order valence-electron chi connectivity index (χ3n) is 5.68. The van der Waals surface area contributed by atoms with Crippen molar-refractivity contribution in [2.75, 3.05) is 17.2 Å². The average Bonchev–Trinajstić information content (AvgIpc) is 2.67. The maximum atomic E-state index is 14.1. The summed E-state index contributed by atoms with van der Waals surface area (Å²) >= 11 is 0. The number of nitrogens with two attached hydrogens (primary N) is 1. The molecule has 2 amide bonds. The molecule has 0 aliphatic heterocycles. The first-order valence-electron chi connectivity index (χ1n) is 9.57. The number of hydrogen-bond donors (Lipinski definition) is 3. The first kappa shape index (κ1) is 20.4. The average molecular weight is 363 g/mol. The molecule has 1 aromatic carbocycles. The van der Waals surface area contributed by atoms with E-state index in [1.54, 1.807) is 0 Å². The number of carbonyl (C=O) groups is 2. The molecule has 0 unspecified atom stereocenters. The molecular weight excluding hydrogens is 333 g/mol. The molecule has 144 valence electrons. The highest BCUT2D eigenvalue weighted by molar-refractivity contribution is 5.97. The van der Waals surface area contributed by atoms with E-state index in [-0.39, 0.29) is 30.0 Å². The zero-order chi connectivity index (χ0) is 19.2. The first-order valence-corrected chi connectivity index (χ1v) is 9.57. The van der Waals surface area contributed by atoms with Crippen LogP contribution in [0.1, 0.15) is 58.8 Å². The Morgan fingerprint density at radius 2 is 1.81 bits per heavy atom. The van der Waals surface area contributed by atoms with Gasteiger partial charge in [0.2, 0.25) is 11.8 Å². The third kappa shape index (κ3) is 4.61. The molecule has 0 atom stereocenters. The minimum Gasteiger partial charge on any atom is -0.329 e. The summed E-state index contributed by atoms with van der Waals surface area (Å²) in [7, 11) is 0. The summed E-state index contributed by atoms with van der Waals surface area (Å²) in [6.45, 7) is 4.10. The standard InChI is InChI=1S/C20H30FN3O2/c1-3-20(4-2,13-22)19(26)23-15-10-11-16(21)17(12-15)24-18(25)14-8-6-5-7-9-14/h10-12,14H,3-9,13,22H2,1-2H3,(H,23,26)(H,24,25). The number of anilines is 2. The molecule has 1 saturated carbocycles. The van der Waals surface area contributed by atoms with Gasteiger partial charge in [0.1, 0.15) is 5.82 Å². The van der Waals surface area contributed by atoms with Crippen LogP contribution in [0.4, 0.5) is 15.8 Å². The molecule has 5 nitrogen and oxygen atoms in total. The number of nitrogens with one attached hydrogen (secondary N) is 2. The van der Waals surface area contributed by atoms with Crippen LogP contribution in [0, 0.1) is 17.2 Å². The highest BCUT2D eigenvalue weighted by atomic mass is 19.1. The Labute approximate surface area is 154 Å². The predicted octanol–water partition coefficient (Wildman–Crippen LogP) is 4.05. The monoisotopic (exact) mass is 363 g/mol. The van der Waals surface area contributed by atoms with E-state index in [1.165, 1.54) is 18.2 Å². The lowest BCUT2D eigenvalue weighted by Gasteiger charge is -2.28. The summed E-state index contributed by atoms with van der Waals surface area (Å²) < 4.78 is 14.1. The van der Waals surface area contributed by atoms with Gasteiger partial charge in [0, 0.05) is 18.2 Å². The van der Waals surface area contributed by atoms with Crippen molar-refractivity contribution in [3.05, 3.63) is 24.0 Å². The van der Waals surface area contributed by atoms with Gasteiger partial charge in [0.25, 0.3) is 0 Å².